The van der Waals surface area contributed by atoms with E-state index >= 15 is 0 Å². The Bertz CT molecular complexity index is 447. The molecule has 0 bridgehead atoms. The fraction of sp³-hybridized carbons (Fsp3) is 0.333. The summed E-state index contributed by atoms with van der Waals surface area (Å²) in [7, 11) is 0. The van der Waals surface area contributed by atoms with Gasteiger partial charge >= 0.3 is 0 Å². The molecule has 0 aliphatic carbocycles. The fourth-order valence-electron chi connectivity index (χ4n) is 1.60. The van der Waals surface area contributed by atoms with Gasteiger partial charge in [-0.25, -0.2) is 0 Å². The zero-order chi connectivity index (χ0) is 12.3. The predicted octanol–water partition coefficient (Wildman–Crippen LogP) is 4.16. The maximum Gasteiger partial charge on any atom is 0.146 e. The van der Waals surface area contributed by atoms with Crippen molar-refractivity contribution in [1.29, 1.82) is 0 Å². The molecule has 2 rings (SSSR count). The van der Waals surface area contributed by atoms with Crippen LogP contribution in [0.5, 0.6) is 5.75 Å². The molecule has 2 aromatic rings. The van der Waals surface area contributed by atoms with Crippen LogP contribution in [0, 0.1) is 0 Å². The normalized spacial score (nSPS) is 11.5. The fourth-order valence-corrected chi connectivity index (χ4v) is 1.60. The molecule has 0 atom stereocenters. The molecular weight excluding hydrogens is 212 g/mol. The zero-order valence-electron chi connectivity index (χ0n) is 10.6. The molecule has 0 saturated heterocycles. The average Bonchev–Trinajstić information content (AvgIpc) is 2.78. The van der Waals surface area contributed by atoms with Gasteiger partial charge in [0.05, 0.1) is 6.26 Å². The van der Waals surface area contributed by atoms with Crippen molar-refractivity contribution in [1.82, 2.24) is 0 Å². The molecule has 0 aliphatic rings. The van der Waals surface area contributed by atoms with Crippen LogP contribution >= 0.6 is 0 Å². The van der Waals surface area contributed by atoms with Gasteiger partial charge in [-0.1, -0.05) is 32.9 Å². The van der Waals surface area contributed by atoms with E-state index in [-0.39, 0.29) is 5.41 Å². The molecule has 1 heterocycles. The summed E-state index contributed by atoms with van der Waals surface area (Å²) in [4.78, 5) is 0. The lowest BCUT2D eigenvalue weighted by Gasteiger charge is -2.19. The van der Waals surface area contributed by atoms with Crippen molar-refractivity contribution >= 4 is 0 Å². The summed E-state index contributed by atoms with van der Waals surface area (Å²) in [6, 6.07) is 12.0. The molecule has 90 valence electrons. The SMILES string of the molecule is CC(C)(C)c1ccc(OCc2ccco2)cc1. The maximum absolute atomic E-state index is 5.62. The Morgan fingerprint density at radius 3 is 2.29 bits per heavy atom. The Morgan fingerprint density at radius 1 is 1.06 bits per heavy atom. The molecule has 0 amide bonds. The van der Waals surface area contributed by atoms with E-state index in [4.69, 9.17) is 9.15 Å². The summed E-state index contributed by atoms with van der Waals surface area (Å²) in [5, 5.41) is 0. The third kappa shape index (κ3) is 3.13. The highest BCUT2D eigenvalue weighted by atomic mass is 16.5. The van der Waals surface area contributed by atoms with Gasteiger partial charge in [0, 0.05) is 0 Å². The molecule has 0 N–H and O–H groups in total. The van der Waals surface area contributed by atoms with Gasteiger partial charge in [0.15, 0.2) is 0 Å². The summed E-state index contributed by atoms with van der Waals surface area (Å²) in [5.74, 6) is 1.71. The second-order valence-electron chi connectivity index (χ2n) is 5.14. The highest BCUT2D eigenvalue weighted by Crippen LogP contribution is 2.24. The van der Waals surface area contributed by atoms with Crippen LogP contribution in [0.4, 0.5) is 0 Å². The Labute approximate surface area is 102 Å². The largest absolute Gasteiger partial charge is 0.486 e. The third-order valence-electron chi connectivity index (χ3n) is 2.68. The number of benzene rings is 1. The smallest absolute Gasteiger partial charge is 0.146 e. The number of ether oxygens (including phenoxy) is 1. The van der Waals surface area contributed by atoms with Crippen molar-refractivity contribution in [2.45, 2.75) is 32.8 Å². The van der Waals surface area contributed by atoms with Gasteiger partial charge in [-0.05, 0) is 35.2 Å². The number of rotatable bonds is 3. The number of furan rings is 1. The molecule has 0 aliphatic heterocycles. The van der Waals surface area contributed by atoms with Crippen molar-refractivity contribution in [3.8, 4) is 5.75 Å². The summed E-state index contributed by atoms with van der Waals surface area (Å²) in [6.45, 7) is 7.07. The lowest BCUT2D eigenvalue weighted by Crippen LogP contribution is -2.10. The quantitative estimate of drug-likeness (QED) is 0.790. The maximum atomic E-state index is 5.62. The van der Waals surface area contributed by atoms with Crippen LogP contribution in [0.25, 0.3) is 0 Å². The van der Waals surface area contributed by atoms with Crippen molar-refractivity contribution < 1.29 is 9.15 Å². The van der Waals surface area contributed by atoms with Crippen molar-refractivity contribution in [3.05, 3.63) is 54.0 Å². The first-order valence-electron chi connectivity index (χ1n) is 5.81. The Hall–Kier alpha value is -1.70. The van der Waals surface area contributed by atoms with Crippen LogP contribution in [0.2, 0.25) is 0 Å². The highest BCUT2D eigenvalue weighted by Gasteiger charge is 2.12. The van der Waals surface area contributed by atoms with Crippen molar-refractivity contribution in [2.75, 3.05) is 0 Å². The number of hydrogen-bond donors (Lipinski definition) is 0. The van der Waals surface area contributed by atoms with Gasteiger partial charge in [-0.3, -0.25) is 0 Å². The number of hydrogen-bond acceptors (Lipinski definition) is 2. The minimum absolute atomic E-state index is 0.180. The molecule has 1 aromatic carbocycles. The third-order valence-corrected chi connectivity index (χ3v) is 2.68. The molecule has 1 aromatic heterocycles. The van der Waals surface area contributed by atoms with Gasteiger partial charge in [-0.15, -0.1) is 0 Å². The zero-order valence-corrected chi connectivity index (χ0v) is 10.6. The van der Waals surface area contributed by atoms with Gasteiger partial charge in [0.2, 0.25) is 0 Å². The second kappa shape index (κ2) is 4.66. The molecule has 2 heteroatoms. The summed E-state index contributed by atoms with van der Waals surface area (Å²) in [5.41, 5.74) is 1.49. The van der Waals surface area contributed by atoms with Crippen molar-refractivity contribution in [3.63, 3.8) is 0 Å². The average molecular weight is 230 g/mol. The van der Waals surface area contributed by atoms with E-state index in [0.717, 1.165) is 11.5 Å². The van der Waals surface area contributed by atoms with E-state index in [9.17, 15) is 0 Å². The standard InChI is InChI=1S/C15H18O2/c1-15(2,3)12-6-8-13(9-7-12)17-11-14-5-4-10-16-14/h4-10H,11H2,1-3H3. The van der Waals surface area contributed by atoms with Gasteiger partial charge in [-0.2, -0.15) is 0 Å². The Kier molecular flexibility index (Phi) is 3.23. The summed E-state index contributed by atoms with van der Waals surface area (Å²) >= 11 is 0. The van der Waals surface area contributed by atoms with E-state index in [1.165, 1.54) is 5.56 Å². The van der Waals surface area contributed by atoms with Crippen LogP contribution < -0.4 is 4.74 Å². The Morgan fingerprint density at radius 2 is 1.76 bits per heavy atom. The molecule has 2 nitrogen and oxygen atoms in total. The minimum atomic E-state index is 0.180. The summed E-state index contributed by atoms with van der Waals surface area (Å²) in [6.07, 6.45) is 1.65. The van der Waals surface area contributed by atoms with Crippen molar-refractivity contribution in [2.24, 2.45) is 0 Å². The first-order valence-corrected chi connectivity index (χ1v) is 5.81. The lowest BCUT2D eigenvalue weighted by atomic mass is 9.87. The van der Waals surface area contributed by atoms with Crippen LogP contribution in [0.3, 0.4) is 0 Å². The summed E-state index contributed by atoms with van der Waals surface area (Å²) < 4.78 is 10.8. The van der Waals surface area contributed by atoms with Crippen LogP contribution in [-0.4, -0.2) is 0 Å². The van der Waals surface area contributed by atoms with E-state index in [1.54, 1.807) is 6.26 Å². The predicted molar refractivity (Wildman–Crippen MR) is 68.2 cm³/mol. The minimum Gasteiger partial charge on any atom is -0.486 e. The Balaban J connectivity index is 1.99. The first-order chi connectivity index (χ1) is 8.05. The van der Waals surface area contributed by atoms with E-state index in [2.05, 4.69) is 32.9 Å². The first kappa shape index (κ1) is 11.8. The van der Waals surface area contributed by atoms with Gasteiger partial charge < -0.3 is 9.15 Å². The lowest BCUT2D eigenvalue weighted by molar-refractivity contribution is 0.270. The van der Waals surface area contributed by atoms with Gasteiger partial charge in [0.25, 0.3) is 0 Å². The van der Waals surface area contributed by atoms with E-state index in [1.807, 2.05) is 24.3 Å². The van der Waals surface area contributed by atoms with E-state index in [0.29, 0.717) is 6.61 Å². The molecule has 0 saturated carbocycles. The second-order valence-corrected chi connectivity index (χ2v) is 5.14. The monoisotopic (exact) mass is 230 g/mol. The van der Waals surface area contributed by atoms with E-state index < -0.39 is 0 Å². The molecule has 0 radical (unpaired) electrons. The topological polar surface area (TPSA) is 22.4 Å². The van der Waals surface area contributed by atoms with Crippen LogP contribution in [-0.2, 0) is 12.0 Å². The van der Waals surface area contributed by atoms with Crippen LogP contribution in [0.1, 0.15) is 32.1 Å². The molecule has 0 spiro atoms. The molecule has 17 heavy (non-hydrogen) atoms. The highest BCUT2D eigenvalue weighted by molar-refractivity contribution is 5.31. The van der Waals surface area contributed by atoms with Gasteiger partial charge in [0.1, 0.15) is 18.1 Å². The molecule has 0 unspecified atom stereocenters. The molecular formula is C15H18O2. The molecule has 0 fully saturated rings. The van der Waals surface area contributed by atoms with Crippen LogP contribution in [0.15, 0.2) is 47.1 Å².